The van der Waals surface area contributed by atoms with Gasteiger partial charge in [-0.25, -0.2) is 0 Å². The van der Waals surface area contributed by atoms with Crippen LogP contribution in [0.1, 0.15) is 21.1 Å². The van der Waals surface area contributed by atoms with E-state index >= 15 is 0 Å². The monoisotopic (exact) mass is 273 g/mol. The van der Waals surface area contributed by atoms with Crippen molar-refractivity contribution in [3.63, 3.8) is 0 Å². The number of furan rings is 1. The Labute approximate surface area is 113 Å². The van der Waals surface area contributed by atoms with Gasteiger partial charge < -0.3 is 4.42 Å². The molecule has 2 aromatic heterocycles. The molecule has 2 heterocycles. The maximum atomic E-state index is 12.1. The predicted octanol–water partition coefficient (Wildman–Crippen LogP) is 3.15. The van der Waals surface area contributed by atoms with Gasteiger partial charge in [-0.15, -0.1) is 10.2 Å². The summed E-state index contributed by atoms with van der Waals surface area (Å²) in [7, 11) is 0. The van der Waals surface area contributed by atoms with E-state index in [1.807, 2.05) is 38.1 Å². The molecule has 0 bridgehead atoms. The van der Waals surface area contributed by atoms with Crippen molar-refractivity contribution in [2.75, 3.05) is 5.32 Å². The first-order valence-electron chi connectivity index (χ1n) is 5.75. The van der Waals surface area contributed by atoms with Crippen LogP contribution >= 0.6 is 11.3 Å². The van der Waals surface area contributed by atoms with Crippen molar-refractivity contribution < 1.29 is 9.21 Å². The van der Waals surface area contributed by atoms with Crippen LogP contribution < -0.4 is 5.32 Å². The molecule has 5 nitrogen and oxygen atoms in total. The van der Waals surface area contributed by atoms with Gasteiger partial charge in [0.25, 0.3) is 5.91 Å². The molecular formula is C13H11N3O2S. The third-order valence-electron chi connectivity index (χ3n) is 2.80. The molecule has 3 aromatic rings. The molecule has 1 N–H and O–H groups in total. The second-order valence-electron chi connectivity index (χ2n) is 4.13. The zero-order valence-corrected chi connectivity index (χ0v) is 11.2. The highest BCUT2D eigenvalue weighted by atomic mass is 32.1. The van der Waals surface area contributed by atoms with Crippen LogP contribution in [0.15, 0.2) is 28.7 Å². The van der Waals surface area contributed by atoms with Gasteiger partial charge in [-0.2, -0.15) is 0 Å². The van der Waals surface area contributed by atoms with E-state index in [0.717, 1.165) is 16.0 Å². The number of nitrogens with zero attached hydrogens (tertiary/aromatic N) is 2. The molecule has 0 radical (unpaired) electrons. The number of carbonyl (C=O) groups excluding carboxylic acids is 1. The first-order valence-corrected chi connectivity index (χ1v) is 6.56. The number of nitrogens with one attached hydrogen (secondary N) is 1. The van der Waals surface area contributed by atoms with Crippen LogP contribution in [-0.2, 0) is 0 Å². The molecule has 0 unspecified atom stereocenters. The Kier molecular flexibility index (Phi) is 2.79. The van der Waals surface area contributed by atoms with Crippen molar-refractivity contribution in [3.8, 4) is 0 Å². The van der Waals surface area contributed by atoms with Gasteiger partial charge in [0.2, 0.25) is 5.13 Å². The van der Waals surface area contributed by atoms with Gasteiger partial charge >= 0.3 is 0 Å². The second kappa shape index (κ2) is 4.47. The number of aryl methyl sites for hydroxylation is 2. The average molecular weight is 273 g/mol. The van der Waals surface area contributed by atoms with Crippen molar-refractivity contribution in [1.82, 2.24) is 10.2 Å². The first-order chi connectivity index (χ1) is 9.15. The fourth-order valence-electron chi connectivity index (χ4n) is 1.89. The highest BCUT2D eigenvalue weighted by molar-refractivity contribution is 7.15. The Bertz CT molecular complexity index is 760. The topological polar surface area (TPSA) is 68.0 Å². The molecule has 0 aliphatic heterocycles. The minimum absolute atomic E-state index is 0.301. The number of fused-ring (bicyclic) bond motifs is 1. The van der Waals surface area contributed by atoms with E-state index in [4.69, 9.17) is 4.42 Å². The van der Waals surface area contributed by atoms with Crippen molar-refractivity contribution in [1.29, 1.82) is 0 Å². The fourth-order valence-corrected chi connectivity index (χ4v) is 2.48. The number of anilines is 1. The van der Waals surface area contributed by atoms with Crippen molar-refractivity contribution >= 4 is 33.3 Å². The average Bonchev–Trinajstić information content (AvgIpc) is 2.94. The molecular weight excluding hydrogens is 262 g/mol. The molecule has 6 heteroatoms. The Morgan fingerprint density at radius 3 is 2.74 bits per heavy atom. The zero-order chi connectivity index (χ0) is 13.4. The van der Waals surface area contributed by atoms with Crippen LogP contribution in [0.25, 0.3) is 11.0 Å². The van der Waals surface area contributed by atoms with Crippen LogP contribution in [0.4, 0.5) is 5.13 Å². The van der Waals surface area contributed by atoms with Crippen LogP contribution in [-0.4, -0.2) is 16.1 Å². The van der Waals surface area contributed by atoms with E-state index in [2.05, 4.69) is 15.5 Å². The number of amides is 1. The van der Waals surface area contributed by atoms with Crippen molar-refractivity contribution in [2.24, 2.45) is 0 Å². The minimum Gasteiger partial charge on any atom is -0.451 e. The maximum absolute atomic E-state index is 12.1. The van der Waals surface area contributed by atoms with Crippen molar-refractivity contribution in [3.05, 3.63) is 40.6 Å². The molecule has 0 saturated heterocycles. The number of rotatable bonds is 2. The summed E-state index contributed by atoms with van der Waals surface area (Å²) in [5.74, 6) is 0.0129. The quantitative estimate of drug-likeness (QED) is 0.778. The minimum atomic E-state index is -0.301. The Balaban J connectivity index is 1.95. The molecule has 0 aliphatic rings. The SMILES string of the molecule is Cc1nnc(NC(=O)c2oc3ccccc3c2C)s1. The lowest BCUT2D eigenvalue weighted by Crippen LogP contribution is -2.11. The Morgan fingerprint density at radius 1 is 1.26 bits per heavy atom. The van der Waals surface area contributed by atoms with Gasteiger partial charge in [-0.05, 0) is 19.9 Å². The number of hydrogen-bond donors (Lipinski definition) is 1. The molecule has 0 saturated carbocycles. The van der Waals surface area contributed by atoms with E-state index in [9.17, 15) is 4.79 Å². The normalized spacial score (nSPS) is 10.8. The smallest absolute Gasteiger partial charge is 0.293 e. The molecule has 19 heavy (non-hydrogen) atoms. The maximum Gasteiger partial charge on any atom is 0.293 e. The van der Waals surface area contributed by atoms with Gasteiger partial charge in [0.15, 0.2) is 5.76 Å². The summed E-state index contributed by atoms with van der Waals surface area (Å²) in [6, 6.07) is 7.57. The third kappa shape index (κ3) is 2.10. The zero-order valence-electron chi connectivity index (χ0n) is 10.4. The van der Waals surface area contributed by atoms with Gasteiger partial charge in [0.05, 0.1) is 0 Å². The molecule has 96 valence electrons. The summed E-state index contributed by atoms with van der Waals surface area (Å²) < 4.78 is 5.58. The summed E-state index contributed by atoms with van der Waals surface area (Å²) in [6.45, 7) is 3.70. The summed E-state index contributed by atoms with van der Waals surface area (Å²) in [6.07, 6.45) is 0. The van der Waals surface area contributed by atoms with Gasteiger partial charge in [0, 0.05) is 10.9 Å². The molecule has 3 rings (SSSR count). The lowest BCUT2D eigenvalue weighted by atomic mass is 10.1. The van der Waals surface area contributed by atoms with E-state index in [1.165, 1.54) is 11.3 Å². The Morgan fingerprint density at radius 2 is 2.05 bits per heavy atom. The van der Waals surface area contributed by atoms with Crippen LogP contribution in [0, 0.1) is 13.8 Å². The highest BCUT2D eigenvalue weighted by Crippen LogP contribution is 2.26. The molecule has 0 aliphatic carbocycles. The lowest BCUT2D eigenvalue weighted by molar-refractivity contribution is 0.0998. The number of carbonyl (C=O) groups is 1. The molecule has 0 fully saturated rings. The largest absolute Gasteiger partial charge is 0.451 e. The van der Waals surface area contributed by atoms with Gasteiger partial charge in [-0.3, -0.25) is 10.1 Å². The lowest BCUT2D eigenvalue weighted by Gasteiger charge is -1.98. The highest BCUT2D eigenvalue weighted by Gasteiger charge is 2.18. The van der Waals surface area contributed by atoms with Gasteiger partial charge in [-0.1, -0.05) is 29.5 Å². The van der Waals surface area contributed by atoms with Crippen molar-refractivity contribution in [2.45, 2.75) is 13.8 Å². The van der Waals surface area contributed by atoms with Crippen LogP contribution in [0.3, 0.4) is 0 Å². The predicted molar refractivity (Wildman–Crippen MR) is 73.6 cm³/mol. The Hall–Kier alpha value is -2.21. The number of aromatic nitrogens is 2. The van der Waals surface area contributed by atoms with Crippen LogP contribution in [0.5, 0.6) is 0 Å². The summed E-state index contributed by atoms with van der Waals surface area (Å²) in [4.78, 5) is 12.1. The summed E-state index contributed by atoms with van der Waals surface area (Å²) in [5.41, 5.74) is 1.54. The number of para-hydroxylation sites is 1. The second-order valence-corrected chi connectivity index (χ2v) is 5.31. The molecule has 1 amide bonds. The number of hydrogen-bond acceptors (Lipinski definition) is 5. The third-order valence-corrected chi connectivity index (χ3v) is 3.55. The molecule has 0 atom stereocenters. The van der Waals surface area contributed by atoms with E-state index in [1.54, 1.807) is 0 Å². The molecule has 1 aromatic carbocycles. The number of benzene rings is 1. The van der Waals surface area contributed by atoms with E-state index in [0.29, 0.717) is 16.5 Å². The standard InChI is InChI=1S/C13H11N3O2S/c1-7-9-5-3-4-6-10(9)18-11(7)12(17)14-13-16-15-8(2)19-13/h3-6H,1-2H3,(H,14,16,17). The fraction of sp³-hybridized carbons (Fsp3) is 0.154. The summed E-state index contributed by atoms with van der Waals surface area (Å²) in [5, 5.41) is 12.6. The van der Waals surface area contributed by atoms with E-state index in [-0.39, 0.29) is 5.91 Å². The van der Waals surface area contributed by atoms with Gasteiger partial charge in [0.1, 0.15) is 10.6 Å². The van der Waals surface area contributed by atoms with E-state index < -0.39 is 0 Å². The summed E-state index contributed by atoms with van der Waals surface area (Å²) >= 11 is 1.33. The van der Waals surface area contributed by atoms with Crippen LogP contribution in [0.2, 0.25) is 0 Å². The molecule has 0 spiro atoms. The first kappa shape index (κ1) is 11.9.